The van der Waals surface area contributed by atoms with Crippen LogP contribution in [0.4, 0.5) is 13.6 Å². The number of fused-ring (bicyclic) bond motifs is 1. The standard InChI is InChI=1S/C24H38F2N2O5/c1-8-9-12-24(25,26)13-10-11-16(27-21(31)33-22(2,3)4)19(29)28-14-15-17(23(15,5)6)18(28)20(30)32-7/h8,15-18H,1,9-14H2,2-7H3,(H,27,31)/t15-,16-,17-,18-/m0/s1. The molecule has 4 atom stereocenters. The third-order valence-corrected chi connectivity index (χ3v) is 6.67. The normalized spacial score (nSPS) is 24.5. The van der Waals surface area contributed by atoms with Crippen molar-refractivity contribution in [2.24, 2.45) is 17.3 Å². The zero-order valence-electron chi connectivity index (χ0n) is 20.6. The van der Waals surface area contributed by atoms with Gasteiger partial charge in [-0.2, -0.15) is 0 Å². The van der Waals surface area contributed by atoms with Gasteiger partial charge in [0, 0.05) is 25.3 Å². The molecule has 1 saturated carbocycles. The van der Waals surface area contributed by atoms with E-state index in [9.17, 15) is 23.2 Å². The molecular weight excluding hydrogens is 434 g/mol. The molecule has 1 N–H and O–H groups in total. The summed E-state index contributed by atoms with van der Waals surface area (Å²) in [5, 5.41) is 2.54. The summed E-state index contributed by atoms with van der Waals surface area (Å²) in [6.07, 6.45) is 0.119. The highest BCUT2D eigenvalue weighted by Crippen LogP contribution is 2.65. The van der Waals surface area contributed by atoms with Gasteiger partial charge in [-0.3, -0.25) is 4.79 Å². The maximum absolute atomic E-state index is 14.1. The van der Waals surface area contributed by atoms with Gasteiger partial charge in [0.2, 0.25) is 11.8 Å². The number of carbonyl (C=O) groups excluding carboxylic acids is 3. The van der Waals surface area contributed by atoms with Gasteiger partial charge in [-0.05, 0) is 51.4 Å². The maximum atomic E-state index is 14.1. The fourth-order valence-corrected chi connectivity index (χ4v) is 4.81. The lowest BCUT2D eigenvalue weighted by molar-refractivity contribution is -0.153. The van der Waals surface area contributed by atoms with E-state index in [4.69, 9.17) is 9.47 Å². The van der Waals surface area contributed by atoms with Gasteiger partial charge in [0.05, 0.1) is 7.11 Å². The number of carbonyl (C=O) groups is 3. The van der Waals surface area contributed by atoms with Gasteiger partial charge in [0.1, 0.15) is 17.7 Å². The van der Waals surface area contributed by atoms with Gasteiger partial charge in [-0.15, -0.1) is 6.58 Å². The van der Waals surface area contributed by atoms with Crippen LogP contribution in [-0.4, -0.2) is 60.1 Å². The molecule has 1 aliphatic heterocycles. The fraction of sp³-hybridized carbons (Fsp3) is 0.792. The van der Waals surface area contributed by atoms with Crippen LogP contribution >= 0.6 is 0 Å². The Balaban J connectivity index is 2.14. The number of likely N-dealkylation sites (tertiary alicyclic amines) is 1. The summed E-state index contributed by atoms with van der Waals surface area (Å²) in [6, 6.07) is -1.83. The van der Waals surface area contributed by atoms with E-state index >= 15 is 0 Å². The molecule has 1 aliphatic carbocycles. The van der Waals surface area contributed by atoms with Crippen LogP contribution in [-0.2, 0) is 19.1 Å². The van der Waals surface area contributed by atoms with Crippen LogP contribution in [0, 0.1) is 17.3 Å². The van der Waals surface area contributed by atoms with Crippen molar-refractivity contribution in [2.45, 2.75) is 90.3 Å². The minimum Gasteiger partial charge on any atom is -0.467 e. The number of ether oxygens (including phenoxy) is 2. The first-order chi connectivity index (χ1) is 15.1. The van der Waals surface area contributed by atoms with E-state index in [1.165, 1.54) is 18.1 Å². The van der Waals surface area contributed by atoms with Gasteiger partial charge in [-0.25, -0.2) is 18.4 Å². The summed E-state index contributed by atoms with van der Waals surface area (Å²) in [7, 11) is 1.27. The average Bonchev–Trinajstić information content (AvgIpc) is 3.02. The minimum atomic E-state index is -2.89. The van der Waals surface area contributed by atoms with E-state index in [0.29, 0.717) is 6.54 Å². The minimum absolute atomic E-state index is 0.00484. The lowest BCUT2D eigenvalue weighted by atomic mass is 9.98. The summed E-state index contributed by atoms with van der Waals surface area (Å²) in [5.41, 5.74) is -0.875. The number of halogens is 2. The quantitative estimate of drug-likeness (QED) is 0.378. The van der Waals surface area contributed by atoms with E-state index in [2.05, 4.69) is 11.9 Å². The molecule has 1 heterocycles. The Labute approximate surface area is 195 Å². The van der Waals surface area contributed by atoms with E-state index in [1.54, 1.807) is 20.8 Å². The average molecular weight is 473 g/mol. The van der Waals surface area contributed by atoms with Crippen LogP contribution in [0.25, 0.3) is 0 Å². The SMILES string of the molecule is C=CCCC(F)(F)CCC[C@H](NC(=O)OC(C)(C)C)C(=O)N1C[C@H]2[C@@H]([C@H]1C(=O)OC)C2(C)C. The fourth-order valence-electron chi connectivity index (χ4n) is 4.81. The molecule has 0 aromatic heterocycles. The number of amides is 2. The number of nitrogens with zero attached hydrogens (tertiary/aromatic N) is 1. The van der Waals surface area contributed by atoms with Crippen LogP contribution in [0.15, 0.2) is 12.7 Å². The largest absolute Gasteiger partial charge is 0.467 e. The first kappa shape index (κ1) is 27.1. The predicted molar refractivity (Wildman–Crippen MR) is 120 cm³/mol. The van der Waals surface area contributed by atoms with Gasteiger partial charge in [0.25, 0.3) is 0 Å². The monoisotopic (exact) mass is 472 g/mol. The Morgan fingerprint density at radius 1 is 1.24 bits per heavy atom. The van der Waals surface area contributed by atoms with Crippen molar-refractivity contribution in [3.63, 3.8) is 0 Å². The number of alkyl halides is 2. The summed E-state index contributed by atoms with van der Waals surface area (Å²) in [5.74, 6) is -3.75. The second kappa shape index (κ2) is 9.97. The van der Waals surface area contributed by atoms with Crippen LogP contribution in [0.5, 0.6) is 0 Å². The number of hydrogen-bond donors (Lipinski definition) is 1. The third kappa shape index (κ3) is 6.67. The molecule has 0 aromatic carbocycles. The zero-order chi connectivity index (χ0) is 25.2. The molecule has 2 amide bonds. The molecule has 0 aromatic rings. The second-order valence-corrected chi connectivity index (χ2v) is 10.7. The van der Waals surface area contributed by atoms with Crippen molar-refractivity contribution in [1.82, 2.24) is 10.2 Å². The molecule has 7 nitrogen and oxygen atoms in total. The topological polar surface area (TPSA) is 84.9 Å². The Morgan fingerprint density at radius 2 is 1.88 bits per heavy atom. The Hall–Kier alpha value is -2.19. The van der Waals surface area contributed by atoms with Crippen LogP contribution < -0.4 is 5.32 Å². The number of rotatable bonds is 10. The maximum Gasteiger partial charge on any atom is 0.408 e. The van der Waals surface area contributed by atoms with E-state index in [1.807, 2.05) is 13.8 Å². The summed E-state index contributed by atoms with van der Waals surface area (Å²) in [4.78, 5) is 39.7. The molecule has 2 rings (SSSR count). The Morgan fingerprint density at radius 3 is 2.42 bits per heavy atom. The van der Waals surface area contributed by atoms with Crippen molar-refractivity contribution >= 4 is 18.0 Å². The second-order valence-electron chi connectivity index (χ2n) is 10.7. The van der Waals surface area contributed by atoms with Crippen molar-refractivity contribution in [3.8, 4) is 0 Å². The molecule has 0 unspecified atom stereocenters. The van der Waals surface area contributed by atoms with Gasteiger partial charge in [0.15, 0.2) is 0 Å². The summed E-state index contributed by atoms with van der Waals surface area (Å²) in [6.45, 7) is 13.0. The smallest absolute Gasteiger partial charge is 0.408 e. The molecule has 0 bridgehead atoms. The Bertz CT molecular complexity index is 762. The number of allylic oxidation sites excluding steroid dienone is 1. The van der Waals surface area contributed by atoms with E-state index in [0.717, 1.165) is 0 Å². The highest BCUT2D eigenvalue weighted by Gasteiger charge is 2.70. The highest BCUT2D eigenvalue weighted by atomic mass is 19.3. The van der Waals surface area contributed by atoms with Gasteiger partial charge in [-0.1, -0.05) is 19.9 Å². The third-order valence-electron chi connectivity index (χ3n) is 6.67. The molecule has 2 aliphatic rings. The molecule has 0 spiro atoms. The highest BCUT2D eigenvalue weighted by molar-refractivity contribution is 5.91. The first-order valence-electron chi connectivity index (χ1n) is 11.5. The Kier molecular flexibility index (Phi) is 8.18. The molecule has 0 radical (unpaired) electrons. The summed E-state index contributed by atoms with van der Waals surface area (Å²) >= 11 is 0. The number of alkyl carbamates (subject to hydrolysis) is 1. The van der Waals surface area contributed by atoms with Crippen molar-refractivity contribution < 1.29 is 32.6 Å². The summed E-state index contributed by atoms with van der Waals surface area (Å²) < 4.78 is 38.4. The van der Waals surface area contributed by atoms with Crippen molar-refractivity contribution in [2.75, 3.05) is 13.7 Å². The number of methoxy groups -OCH3 is 1. The first-order valence-corrected chi connectivity index (χ1v) is 11.5. The molecule has 2 fully saturated rings. The number of hydrogen-bond acceptors (Lipinski definition) is 5. The lowest BCUT2D eigenvalue weighted by Crippen LogP contribution is -2.54. The van der Waals surface area contributed by atoms with Gasteiger partial charge >= 0.3 is 12.1 Å². The number of piperidine rings is 1. The van der Waals surface area contributed by atoms with Gasteiger partial charge < -0.3 is 19.7 Å². The van der Waals surface area contributed by atoms with E-state index in [-0.39, 0.29) is 42.9 Å². The lowest BCUT2D eigenvalue weighted by Gasteiger charge is -2.32. The predicted octanol–water partition coefficient (Wildman–Crippen LogP) is 4.31. The molecule has 1 saturated heterocycles. The molecule has 188 valence electrons. The van der Waals surface area contributed by atoms with Crippen molar-refractivity contribution in [1.29, 1.82) is 0 Å². The van der Waals surface area contributed by atoms with Crippen molar-refractivity contribution in [3.05, 3.63) is 12.7 Å². The van der Waals surface area contributed by atoms with E-state index < -0.39 is 48.0 Å². The molecular formula is C24H38F2N2O5. The van der Waals surface area contributed by atoms with Crippen LogP contribution in [0.1, 0.15) is 66.7 Å². The number of nitrogens with one attached hydrogen (secondary N) is 1. The van der Waals surface area contributed by atoms with Crippen LogP contribution in [0.3, 0.4) is 0 Å². The zero-order valence-corrected chi connectivity index (χ0v) is 20.6. The molecule has 9 heteroatoms. The van der Waals surface area contributed by atoms with Crippen LogP contribution in [0.2, 0.25) is 0 Å². The number of esters is 1. The molecule has 33 heavy (non-hydrogen) atoms.